The summed E-state index contributed by atoms with van der Waals surface area (Å²) in [5, 5.41) is 0. The number of nitrogens with zero attached hydrogens (tertiary/aromatic N) is 1. The highest BCUT2D eigenvalue weighted by Gasteiger charge is 2.30. The van der Waals surface area contributed by atoms with E-state index in [9.17, 15) is 4.79 Å². The van der Waals surface area contributed by atoms with Crippen LogP contribution in [0.25, 0.3) is 0 Å². The highest BCUT2D eigenvalue weighted by Crippen LogP contribution is 2.27. The van der Waals surface area contributed by atoms with E-state index in [2.05, 4.69) is 4.90 Å². The van der Waals surface area contributed by atoms with Crippen molar-refractivity contribution in [3.63, 3.8) is 0 Å². The number of hydrogen-bond donors (Lipinski definition) is 0. The van der Waals surface area contributed by atoms with Gasteiger partial charge in [0.05, 0.1) is 12.5 Å². The van der Waals surface area contributed by atoms with Crippen LogP contribution in [0.4, 0.5) is 0 Å². The zero-order valence-electron chi connectivity index (χ0n) is 11.0. The minimum Gasteiger partial charge on any atom is -0.466 e. The molecule has 0 N–H and O–H groups in total. The maximum atomic E-state index is 11.8. The summed E-state index contributed by atoms with van der Waals surface area (Å²) in [4.78, 5) is 14.3. The Bertz CT molecular complexity index is 249. The number of piperidine rings is 1. The molecule has 0 amide bonds. The molecule has 1 atom stereocenters. The molecule has 0 aromatic heterocycles. The van der Waals surface area contributed by atoms with E-state index in [1.54, 1.807) is 0 Å². The van der Waals surface area contributed by atoms with Crippen LogP contribution in [-0.2, 0) is 9.53 Å². The predicted octanol–water partition coefficient (Wildman–Crippen LogP) is 2.59. The van der Waals surface area contributed by atoms with Crippen molar-refractivity contribution in [2.75, 3.05) is 19.7 Å². The molecule has 1 saturated carbocycles. The van der Waals surface area contributed by atoms with Crippen LogP contribution in [0.15, 0.2) is 0 Å². The smallest absolute Gasteiger partial charge is 0.310 e. The summed E-state index contributed by atoms with van der Waals surface area (Å²) in [7, 11) is 0. The molecular weight excluding hydrogens is 214 g/mol. The Morgan fingerprint density at radius 3 is 2.65 bits per heavy atom. The Morgan fingerprint density at radius 2 is 1.94 bits per heavy atom. The van der Waals surface area contributed by atoms with Crippen molar-refractivity contribution >= 4 is 5.97 Å². The molecule has 2 rings (SSSR count). The number of hydrogen-bond acceptors (Lipinski definition) is 3. The fourth-order valence-electron chi connectivity index (χ4n) is 3.24. The summed E-state index contributed by atoms with van der Waals surface area (Å²) in [6.07, 6.45) is 8.95. The molecule has 2 fully saturated rings. The second kappa shape index (κ2) is 6.39. The van der Waals surface area contributed by atoms with Gasteiger partial charge in [-0.2, -0.15) is 0 Å². The van der Waals surface area contributed by atoms with Crippen molar-refractivity contribution < 1.29 is 9.53 Å². The highest BCUT2D eigenvalue weighted by atomic mass is 16.5. The van der Waals surface area contributed by atoms with Crippen LogP contribution >= 0.6 is 0 Å². The standard InChI is InChI=1S/C14H25NO2/c1-2-17-14(16)12-7-6-10-15(11-12)13-8-4-3-5-9-13/h12-13H,2-11H2,1H3. The maximum absolute atomic E-state index is 11.8. The molecule has 0 spiro atoms. The summed E-state index contributed by atoms with van der Waals surface area (Å²) in [6, 6.07) is 0.737. The Balaban J connectivity index is 1.85. The fraction of sp³-hybridized carbons (Fsp3) is 0.929. The van der Waals surface area contributed by atoms with Crippen LogP contribution in [-0.4, -0.2) is 36.6 Å². The Labute approximate surface area is 105 Å². The second-order valence-corrected chi connectivity index (χ2v) is 5.38. The first-order valence-corrected chi connectivity index (χ1v) is 7.22. The van der Waals surface area contributed by atoms with Gasteiger partial charge in [0.25, 0.3) is 0 Å². The van der Waals surface area contributed by atoms with Gasteiger partial charge in [0, 0.05) is 12.6 Å². The average Bonchev–Trinajstić information content (AvgIpc) is 2.40. The topological polar surface area (TPSA) is 29.5 Å². The quantitative estimate of drug-likeness (QED) is 0.709. The number of likely N-dealkylation sites (tertiary alicyclic amines) is 1. The van der Waals surface area contributed by atoms with Crippen molar-refractivity contribution in [3.8, 4) is 0 Å². The molecule has 1 unspecified atom stereocenters. The summed E-state index contributed by atoms with van der Waals surface area (Å²) in [5.41, 5.74) is 0. The van der Waals surface area contributed by atoms with E-state index in [1.807, 2.05) is 6.92 Å². The molecule has 3 heteroatoms. The lowest BCUT2D eigenvalue weighted by Gasteiger charge is -2.39. The molecule has 2 aliphatic rings. The van der Waals surface area contributed by atoms with Crippen LogP contribution in [0, 0.1) is 5.92 Å². The van der Waals surface area contributed by atoms with Gasteiger partial charge >= 0.3 is 5.97 Å². The van der Waals surface area contributed by atoms with Crippen LogP contribution in [0.1, 0.15) is 51.9 Å². The third kappa shape index (κ3) is 3.44. The predicted molar refractivity (Wildman–Crippen MR) is 67.8 cm³/mol. The lowest BCUT2D eigenvalue weighted by molar-refractivity contribution is -0.150. The third-order valence-corrected chi connectivity index (χ3v) is 4.16. The van der Waals surface area contributed by atoms with E-state index >= 15 is 0 Å². The maximum Gasteiger partial charge on any atom is 0.310 e. The van der Waals surface area contributed by atoms with E-state index in [1.165, 1.54) is 38.6 Å². The molecule has 0 aromatic carbocycles. The molecule has 0 aromatic rings. The van der Waals surface area contributed by atoms with Gasteiger partial charge in [-0.05, 0) is 39.2 Å². The van der Waals surface area contributed by atoms with E-state index in [0.29, 0.717) is 6.61 Å². The molecule has 98 valence electrons. The molecule has 17 heavy (non-hydrogen) atoms. The minimum absolute atomic E-state index is 0.0213. The van der Waals surface area contributed by atoms with Crippen molar-refractivity contribution in [2.24, 2.45) is 5.92 Å². The van der Waals surface area contributed by atoms with Gasteiger partial charge in [0.2, 0.25) is 0 Å². The number of carbonyl (C=O) groups is 1. The van der Waals surface area contributed by atoms with E-state index in [4.69, 9.17) is 4.74 Å². The largest absolute Gasteiger partial charge is 0.466 e. The Hall–Kier alpha value is -0.570. The molecule has 0 bridgehead atoms. The second-order valence-electron chi connectivity index (χ2n) is 5.38. The Kier molecular flexibility index (Phi) is 4.84. The summed E-state index contributed by atoms with van der Waals surface area (Å²) >= 11 is 0. The summed E-state index contributed by atoms with van der Waals surface area (Å²) < 4.78 is 5.15. The molecule has 1 aliphatic heterocycles. The molecule has 1 saturated heterocycles. The van der Waals surface area contributed by atoms with Crippen LogP contribution < -0.4 is 0 Å². The molecule has 0 radical (unpaired) electrons. The average molecular weight is 239 g/mol. The number of carbonyl (C=O) groups excluding carboxylic acids is 1. The van der Waals surface area contributed by atoms with E-state index in [0.717, 1.165) is 25.4 Å². The number of ether oxygens (including phenoxy) is 1. The van der Waals surface area contributed by atoms with Gasteiger partial charge in [-0.25, -0.2) is 0 Å². The van der Waals surface area contributed by atoms with Crippen molar-refractivity contribution in [3.05, 3.63) is 0 Å². The van der Waals surface area contributed by atoms with Gasteiger partial charge in [-0.1, -0.05) is 19.3 Å². The summed E-state index contributed by atoms with van der Waals surface area (Å²) in [5.74, 6) is 0.152. The van der Waals surface area contributed by atoms with Crippen LogP contribution in [0.2, 0.25) is 0 Å². The normalized spacial score (nSPS) is 27.9. The minimum atomic E-state index is 0.0213. The van der Waals surface area contributed by atoms with E-state index < -0.39 is 0 Å². The SMILES string of the molecule is CCOC(=O)C1CCCN(C2CCCCC2)C1. The van der Waals surface area contributed by atoms with Gasteiger partial charge < -0.3 is 4.74 Å². The lowest BCUT2D eigenvalue weighted by atomic mass is 9.90. The highest BCUT2D eigenvalue weighted by molar-refractivity contribution is 5.72. The number of rotatable bonds is 3. The Morgan fingerprint density at radius 1 is 1.18 bits per heavy atom. The third-order valence-electron chi connectivity index (χ3n) is 4.16. The van der Waals surface area contributed by atoms with Gasteiger partial charge in [-0.3, -0.25) is 9.69 Å². The van der Waals surface area contributed by atoms with Gasteiger partial charge in [0.1, 0.15) is 0 Å². The molecule has 3 nitrogen and oxygen atoms in total. The molecule has 1 aliphatic carbocycles. The molecular formula is C14H25NO2. The fourth-order valence-corrected chi connectivity index (χ4v) is 3.24. The van der Waals surface area contributed by atoms with Crippen LogP contribution in [0.5, 0.6) is 0 Å². The zero-order valence-corrected chi connectivity index (χ0v) is 11.0. The van der Waals surface area contributed by atoms with Gasteiger partial charge in [0.15, 0.2) is 0 Å². The number of esters is 1. The first-order chi connectivity index (χ1) is 8.31. The van der Waals surface area contributed by atoms with Crippen LogP contribution in [0.3, 0.4) is 0 Å². The van der Waals surface area contributed by atoms with Crippen molar-refractivity contribution in [2.45, 2.75) is 57.9 Å². The van der Waals surface area contributed by atoms with Crippen molar-refractivity contribution in [1.82, 2.24) is 4.90 Å². The van der Waals surface area contributed by atoms with Gasteiger partial charge in [-0.15, -0.1) is 0 Å². The first kappa shape index (κ1) is 12.9. The monoisotopic (exact) mass is 239 g/mol. The zero-order chi connectivity index (χ0) is 12.1. The summed E-state index contributed by atoms with van der Waals surface area (Å²) in [6.45, 7) is 4.52. The van der Waals surface area contributed by atoms with Crippen molar-refractivity contribution in [1.29, 1.82) is 0 Å². The lowest BCUT2D eigenvalue weighted by Crippen LogP contribution is -2.45. The van der Waals surface area contributed by atoms with E-state index in [-0.39, 0.29) is 11.9 Å². The first-order valence-electron chi connectivity index (χ1n) is 7.22. The molecule has 1 heterocycles.